The second kappa shape index (κ2) is 3.90. The van der Waals surface area contributed by atoms with Gasteiger partial charge in [-0.1, -0.05) is 35.4 Å². The van der Waals surface area contributed by atoms with E-state index in [1.165, 1.54) is 5.49 Å². The van der Waals surface area contributed by atoms with E-state index in [4.69, 9.17) is 23.2 Å². The van der Waals surface area contributed by atoms with Crippen LogP contribution in [0.4, 0.5) is 5.69 Å². The number of benzene rings is 1. The minimum atomic E-state index is 0.522. The molecule has 0 saturated heterocycles. The first-order valence-corrected chi connectivity index (χ1v) is 4.12. The van der Waals surface area contributed by atoms with E-state index in [0.29, 0.717) is 10.0 Å². The van der Waals surface area contributed by atoms with Crippen molar-refractivity contribution in [1.29, 1.82) is 0 Å². The van der Waals surface area contributed by atoms with Crippen LogP contribution < -0.4 is 5.32 Å². The van der Waals surface area contributed by atoms with Crippen LogP contribution >= 0.6 is 35.4 Å². The zero-order chi connectivity index (χ0) is 8.27. The lowest BCUT2D eigenvalue weighted by Gasteiger charge is -2.00. The molecule has 4 heteroatoms. The second-order valence-electron chi connectivity index (χ2n) is 1.89. The first-order valence-electron chi connectivity index (χ1n) is 2.89. The molecule has 0 heterocycles. The molecule has 0 amide bonds. The van der Waals surface area contributed by atoms with Gasteiger partial charge in [0.2, 0.25) is 0 Å². The van der Waals surface area contributed by atoms with Crippen LogP contribution in [-0.4, -0.2) is 5.49 Å². The van der Waals surface area contributed by atoms with Gasteiger partial charge < -0.3 is 5.32 Å². The zero-order valence-electron chi connectivity index (χ0n) is 5.47. The molecule has 58 valence electrons. The van der Waals surface area contributed by atoms with Gasteiger partial charge in [0, 0.05) is 5.69 Å². The van der Waals surface area contributed by atoms with Crippen molar-refractivity contribution in [3.8, 4) is 0 Å². The van der Waals surface area contributed by atoms with E-state index < -0.39 is 0 Å². The van der Waals surface area contributed by atoms with E-state index in [1.807, 2.05) is 0 Å². The Morgan fingerprint density at radius 3 is 2.55 bits per heavy atom. The summed E-state index contributed by atoms with van der Waals surface area (Å²) in [4.78, 5) is 0. The summed E-state index contributed by atoms with van der Waals surface area (Å²) in [5, 5.41) is 3.89. The molecule has 1 N–H and O–H groups in total. The predicted molar refractivity (Wildman–Crippen MR) is 53.7 cm³/mol. The maximum Gasteiger partial charge on any atom is 0.0658 e. The van der Waals surface area contributed by atoms with E-state index in [1.54, 1.807) is 18.2 Å². The van der Waals surface area contributed by atoms with Gasteiger partial charge in [-0.05, 0) is 18.2 Å². The molecule has 0 aliphatic heterocycles. The van der Waals surface area contributed by atoms with Crippen LogP contribution in [-0.2, 0) is 0 Å². The van der Waals surface area contributed by atoms with E-state index in [9.17, 15) is 0 Å². The molecule has 0 bridgehead atoms. The maximum absolute atomic E-state index is 5.73. The maximum atomic E-state index is 5.73. The zero-order valence-corrected chi connectivity index (χ0v) is 7.80. The van der Waals surface area contributed by atoms with Crippen molar-refractivity contribution in [2.45, 2.75) is 0 Å². The topological polar surface area (TPSA) is 12.0 Å². The second-order valence-corrected chi connectivity index (χ2v) is 2.94. The summed E-state index contributed by atoms with van der Waals surface area (Å²) in [5.74, 6) is 0. The van der Waals surface area contributed by atoms with Crippen molar-refractivity contribution < 1.29 is 0 Å². The number of hydrogen-bond donors (Lipinski definition) is 1. The molecule has 1 rings (SSSR count). The van der Waals surface area contributed by atoms with Gasteiger partial charge in [0.15, 0.2) is 0 Å². The van der Waals surface area contributed by atoms with Crippen LogP contribution in [0.25, 0.3) is 0 Å². The highest BCUT2D eigenvalue weighted by atomic mass is 35.5. The van der Waals surface area contributed by atoms with Crippen LogP contribution in [0.5, 0.6) is 0 Å². The van der Waals surface area contributed by atoms with E-state index >= 15 is 0 Å². The summed E-state index contributed by atoms with van der Waals surface area (Å²) < 4.78 is 0. The summed E-state index contributed by atoms with van der Waals surface area (Å²) in [5.41, 5.74) is 2.26. The van der Waals surface area contributed by atoms with Crippen molar-refractivity contribution in [3.05, 3.63) is 28.2 Å². The van der Waals surface area contributed by atoms with Gasteiger partial charge in [-0.15, -0.1) is 0 Å². The predicted octanol–water partition coefficient (Wildman–Crippen LogP) is 3.36. The summed E-state index contributed by atoms with van der Waals surface area (Å²) in [6, 6.07) is 5.23. The fraction of sp³-hybridized carbons (Fsp3) is 0. The Hall–Kier alpha value is -0.310. The van der Waals surface area contributed by atoms with Crippen LogP contribution in [0.1, 0.15) is 0 Å². The standard InChI is InChI=1S/C7H5Cl2NS/c8-6-2-1-5(10-4-11)3-7(6)9/h1-4H,(H,10,11). The summed E-state index contributed by atoms with van der Waals surface area (Å²) in [6.07, 6.45) is 0. The molecule has 0 aromatic heterocycles. The van der Waals surface area contributed by atoms with Crippen molar-refractivity contribution in [3.63, 3.8) is 0 Å². The first-order chi connectivity index (χ1) is 5.24. The van der Waals surface area contributed by atoms with Crippen LogP contribution in [0.2, 0.25) is 10.0 Å². The molecular weight excluding hydrogens is 201 g/mol. The third-order valence-corrected chi connectivity index (χ3v) is 2.00. The fourth-order valence-electron chi connectivity index (χ4n) is 0.654. The van der Waals surface area contributed by atoms with Crippen molar-refractivity contribution >= 4 is 46.6 Å². The third-order valence-electron chi connectivity index (χ3n) is 1.15. The Kier molecular flexibility index (Phi) is 3.12. The van der Waals surface area contributed by atoms with Crippen molar-refractivity contribution in [1.82, 2.24) is 0 Å². The van der Waals surface area contributed by atoms with Gasteiger partial charge in [0.25, 0.3) is 0 Å². The minimum absolute atomic E-state index is 0.522. The lowest BCUT2D eigenvalue weighted by molar-refractivity contribution is 1.66. The van der Waals surface area contributed by atoms with Gasteiger partial charge in [-0.2, -0.15) is 0 Å². The number of rotatable bonds is 2. The summed E-state index contributed by atoms with van der Waals surface area (Å²) >= 11 is 16.0. The van der Waals surface area contributed by atoms with Gasteiger partial charge in [-0.3, -0.25) is 0 Å². The van der Waals surface area contributed by atoms with Gasteiger partial charge in [0.05, 0.1) is 15.5 Å². The lowest BCUT2D eigenvalue weighted by atomic mass is 10.3. The fourth-order valence-corrected chi connectivity index (χ4v) is 1.09. The largest absolute Gasteiger partial charge is 0.353 e. The Bertz CT molecular complexity index is 275. The Labute approximate surface area is 80.3 Å². The average Bonchev–Trinajstić information content (AvgIpc) is 1.98. The van der Waals surface area contributed by atoms with Crippen LogP contribution in [0, 0.1) is 0 Å². The molecule has 0 saturated carbocycles. The monoisotopic (exact) mass is 205 g/mol. The average molecular weight is 206 g/mol. The SMILES string of the molecule is S=CNc1ccc(Cl)c(Cl)c1. The van der Waals surface area contributed by atoms with Crippen LogP contribution in [0.15, 0.2) is 18.2 Å². The van der Waals surface area contributed by atoms with Crippen molar-refractivity contribution in [2.75, 3.05) is 5.32 Å². The van der Waals surface area contributed by atoms with E-state index in [2.05, 4.69) is 17.5 Å². The number of halogens is 2. The molecule has 1 aromatic carbocycles. The minimum Gasteiger partial charge on any atom is -0.353 e. The van der Waals surface area contributed by atoms with Crippen LogP contribution in [0.3, 0.4) is 0 Å². The highest BCUT2D eigenvalue weighted by Crippen LogP contribution is 2.24. The molecule has 1 nitrogen and oxygen atoms in total. The van der Waals surface area contributed by atoms with Gasteiger partial charge in [0.1, 0.15) is 0 Å². The lowest BCUT2D eigenvalue weighted by Crippen LogP contribution is -1.90. The molecule has 0 aliphatic carbocycles. The number of hydrogen-bond acceptors (Lipinski definition) is 1. The number of thiocarbonyl (C=S) groups is 1. The quantitative estimate of drug-likeness (QED) is 0.744. The Morgan fingerprint density at radius 1 is 1.27 bits per heavy atom. The van der Waals surface area contributed by atoms with Gasteiger partial charge >= 0.3 is 0 Å². The Morgan fingerprint density at radius 2 is 2.00 bits per heavy atom. The first kappa shape index (κ1) is 8.78. The smallest absolute Gasteiger partial charge is 0.0658 e. The summed E-state index contributed by atoms with van der Waals surface area (Å²) in [6.45, 7) is 0. The molecule has 0 aliphatic rings. The molecule has 0 fully saturated rings. The highest BCUT2D eigenvalue weighted by molar-refractivity contribution is 7.79. The molecule has 1 aromatic rings. The summed E-state index contributed by atoms with van der Waals surface area (Å²) in [7, 11) is 0. The molecule has 0 unspecified atom stereocenters. The molecular formula is C7H5Cl2NS. The molecule has 11 heavy (non-hydrogen) atoms. The number of anilines is 1. The molecule has 0 atom stereocenters. The van der Waals surface area contributed by atoms with Crippen molar-refractivity contribution in [2.24, 2.45) is 0 Å². The Balaban J connectivity index is 2.95. The third kappa shape index (κ3) is 2.33. The van der Waals surface area contributed by atoms with E-state index in [0.717, 1.165) is 5.69 Å². The number of nitrogens with one attached hydrogen (secondary N) is 1. The molecule has 0 radical (unpaired) electrons. The molecule has 0 spiro atoms. The normalized spacial score (nSPS) is 9.27. The highest BCUT2D eigenvalue weighted by Gasteiger charge is 1.96. The van der Waals surface area contributed by atoms with E-state index in [-0.39, 0.29) is 0 Å². The van der Waals surface area contributed by atoms with Gasteiger partial charge in [-0.25, -0.2) is 0 Å².